The highest BCUT2D eigenvalue weighted by Crippen LogP contribution is 2.15. The highest BCUT2D eigenvalue weighted by Gasteiger charge is 2.17. The molecule has 4 nitrogen and oxygen atoms in total. The second-order valence-corrected chi connectivity index (χ2v) is 6.52. The van der Waals surface area contributed by atoms with Crippen LogP contribution in [0.5, 0.6) is 0 Å². The number of hydrogen-bond acceptors (Lipinski definition) is 2. The molecule has 0 aliphatic carbocycles. The van der Waals surface area contributed by atoms with Gasteiger partial charge in [-0.25, -0.2) is 9.37 Å². The summed E-state index contributed by atoms with van der Waals surface area (Å²) in [7, 11) is 0. The van der Waals surface area contributed by atoms with Crippen LogP contribution in [0.1, 0.15) is 21.7 Å². The minimum Gasteiger partial charge on any atom is -0.329 e. The summed E-state index contributed by atoms with van der Waals surface area (Å²) in [6.07, 6.45) is 5.23. The number of halogens is 2. The fourth-order valence-corrected chi connectivity index (χ4v) is 3.00. The Morgan fingerprint density at radius 3 is 2.74 bits per heavy atom. The van der Waals surface area contributed by atoms with Crippen LogP contribution in [0.4, 0.5) is 4.39 Å². The topological polar surface area (TPSA) is 38.1 Å². The van der Waals surface area contributed by atoms with E-state index in [1.54, 1.807) is 17.2 Å². The zero-order valence-corrected chi connectivity index (χ0v) is 15.4. The number of carbonyl (C=O) groups is 1. The van der Waals surface area contributed by atoms with Crippen molar-refractivity contribution < 1.29 is 9.18 Å². The maximum absolute atomic E-state index is 13.1. The van der Waals surface area contributed by atoms with Crippen LogP contribution in [0.3, 0.4) is 0 Å². The van der Waals surface area contributed by atoms with Gasteiger partial charge < -0.3 is 9.47 Å². The smallest absolute Gasteiger partial charge is 0.254 e. The van der Waals surface area contributed by atoms with E-state index in [9.17, 15) is 9.18 Å². The summed E-state index contributed by atoms with van der Waals surface area (Å²) in [5, 5.41) is 0.675. The van der Waals surface area contributed by atoms with E-state index >= 15 is 0 Å². The summed E-state index contributed by atoms with van der Waals surface area (Å²) >= 11 is 6.06. The number of nitrogens with zero attached hydrogens (tertiary/aromatic N) is 3. The molecule has 27 heavy (non-hydrogen) atoms. The third-order valence-electron chi connectivity index (χ3n) is 4.10. The van der Waals surface area contributed by atoms with Gasteiger partial charge in [-0.3, -0.25) is 4.79 Å². The fourth-order valence-electron chi connectivity index (χ4n) is 2.79. The molecule has 0 saturated heterocycles. The summed E-state index contributed by atoms with van der Waals surface area (Å²) in [6.45, 7) is 5.00. The van der Waals surface area contributed by atoms with Gasteiger partial charge in [-0.15, -0.1) is 6.58 Å². The number of aromatic nitrogens is 2. The van der Waals surface area contributed by atoms with Crippen molar-refractivity contribution in [1.82, 2.24) is 14.5 Å². The van der Waals surface area contributed by atoms with Crippen LogP contribution in [0, 0.1) is 5.82 Å². The maximum Gasteiger partial charge on any atom is 0.254 e. The number of imidazole rings is 1. The summed E-state index contributed by atoms with van der Waals surface area (Å²) in [6, 6.07) is 13.1. The van der Waals surface area contributed by atoms with Crippen LogP contribution in [-0.4, -0.2) is 26.9 Å². The van der Waals surface area contributed by atoms with E-state index in [0.29, 0.717) is 30.2 Å². The van der Waals surface area contributed by atoms with E-state index in [1.807, 2.05) is 35.0 Å². The van der Waals surface area contributed by atoms with Crippen LogP contribution >= 0.6 is 11.6 Å². The minimum absolute atomic E-state index is 0.202. The standard InChI is InChI=1S/C21H19ClFN3O/c1-2-11-26(21(27)17-6-8-19(23)9-7-17)15-20-24-10-12-25(20)14-16-4-3-5-18(22)13-16/h2-10,12-13H,1,11,14-15H2. The molecule has 0 aliphatic heterocycles. The Morgan fingerprint density at radius 2 is 2.04 bits per heavy atom. The predicted molar refractivity (Wildman–Crippen MR) is 104 cm³/mol. The molecule has 6 heteroatoms. The van der Waals surface area contributed by atoms with Crippen molar-refractivity contribution >= 4 is 17.5 Å². The highest BCUT2D eigenvalue weighted by molar-refractivity contribution is 6.30. The predicted octanol–water partition coefficient (Wildman–Crippen LogP) is 4.55. The average Bonchev–Trinajstić information content (AvgIpc) is 3.08. The number of benzene rings is 2. The quantitative estimate of drug-likeness (QED) is 0.561. The molecule has 0 radical (unpaired) electrons. The minimum atomic E-state index is -0.376. The first-order valence-corrected chi connectivity index (χ1v) is 8.85. The first-order chi connectivity index (χ1) is 13.1. The molecule has 1 amide bonds. The molecule has 1 aromatic heterocycles. The Balaban J connectivity index is 1.79. The second kappa shape index (κ2) is 8.64. The molecule has 0 saturated carbocycles. The highest BCUT2D eigenvalue weighted by atomic mass is 35.5. The molecule has 0 unspecified atom stereocenters. The lowest BCUT2D eigenvalue weighted by Crippen LogP contribution is -2.32. The third kappa shape index (κ3) is 4.83. The van der Waals surface area contributed by atoms with Crippen LogP contribution in [0.2, 0.25) is 5.02 Å². The molecular formula is C21H19ClFN3O. The first-order valence-electron chi connectivity index (χ1n) is 8.47. The molecule has 0 fully saturated rings. The Kier molecular flexibility index (Phi) is 6.04. The summed E-state index contributed by atoms with van der Waals surface area (Å²) in [5.41, 5.74) is 1.47. The van der Waals surface area contributed by atoms with Gasteiger partial charge >= 0.3 is 0 Å². The molecule has 1 heterocycles. The van der Waals surface area contributed by atoms with Gasteiger partial charge in [-0.05, 0) is 42.0 Å². The SMILES string of the molecule is C=CCN(Cc1nccn1Cc1cccc(Cl)c1)C(=O)c1ccc(F)cc1. The van der Waals surface area contributed by atoms with E-state index in [2.05, 4.69) is 11.6 Å². The molecule has 0 atom stereocenters. The van der Waals surface area contributed by atoms with Gasteiger partial charge in [0.05, 0.1) is 6.54 Å². The van der Waals surface area contributed by atoms with Gasteiger partial charge in [-0.2, -0.15) is 0 Å². The lowest BCUT2D eigenvalue weighted by molar-refractivity contribution is 0.0757. The van der Waals surface area contributed by atoms with Gasteiger partial charge in [0.1, 0.15) is 11.6 Å². The van der Waals surface area contributed by atoms with Gasteiger partial charge in [-0.1, -0.05) is 29.8 Å². The second-order valence-electron chi connectivity index (χ2n) is 6.08. The van der Waals surface area contributed by atoms with Gasteiger partial charge in [0.25, 0.3) is 5.91 Å². The lowest BCUT2D eigenvalue weighted by Gasteiger charge is -2.21. The van der Waals surface area contributed by atoms with Crippen LogP contribution in [0.25, 0.3) is 0 Å². The lowest BCUT2D eigenvalue weighted by atomic mass is 10.2. The average molecular weight is 384 g/mol. The molecule has 138 valence electrons. The summed E-state index contributed by atoms with van der Waals surface area (Å²) in [4.78, 5) is 18.8. The summed E-state index contributed by atoms with van der Waals surface area (Å²) < 4.78 is 15.1. The molecule has 0 spiro atoms. The van der Waals surface area contributed by atoms with E-state index in [0.717, 1.165) is 11.4 Å². The van der Waals surface area contributed by atoms with Crippen molar-refractivity contribution in [3.8, 4) is 0 Å². The van der Waals surface area contributed by atoms with E-state index in [-0.39, 0.29) is 11.7 Å². The first kappa shape index (κ1) is 18.9. The largest absolute Gasteiger partial charge is 0.329 e. The van der Waals surface area contributed by atoms with Gasteiger partial charge in [0, 0.05) is 36.1 Å². The molecule has 0 bridgehead atoms. The third-order valence-corrected chi connectivity index (χ3v) is 4.34. The van der Waals surface area contributed by atoms with Crippen molar-refractivity contribution in [3.05, 3.63) is 101 Å². The normalized spacial score (nSPS) is 10.6. The van der Waals surface area contributed by atoms with Crippen LogP contribution in [0.15, 0.2) is 73.6 Å². The number of hydrogen-bond donors (Lipinski definition) is 0. The number of amides is 1. The molecule has 3 aromatic rings. The number of carbonyl (C=O) groups excluding carboxylic acids is 1. The molecular weight excluding hydrogens is 365 g/mol. The Hall–Kier alpha value is -2.92. The Labute approximate surface area is 162 Å². The number of rotatable bonds is 7. The maximum atomic E-state index is 13.1. The molecule has 0 aliphatic rings. The fraction of sp³-hybridized carbons (Fsp3) is 0.143. The molecule has 2 aromatic carbocycles. The molecule has 0 N–H and O–H groups in total. The van der Waals surface area contributed by atoms with Crippen molar-refractivity contribution in [3.63, 3.8) is 0 Å². The monoisotopic (exact) mass is 383 g/mol. The zero-order chi connectivity index (χ0) is 19.2. The van der Waals surface area contributed by atoms with Crippen molar-refractivity contribution in [2.75, 3.05) is 6.54 Å². The van der Waals surface area contributed by atoms with E-state index < -0.39 is 0 Å². The van der Waals surface area contributed by atoms with Crippen molar-refractivity contribution in [2.24, 2.45) is 0 Å². The molecule has 3 rings (SSSR count). The van der Waals surface area contributed by atoms with E-state index in [4.69, 9.17) is 11.6 Å². The van der Waals surface area contributed by atoms with Crippen LogP contribution < -0.4 is 0 Å². The van der Waals surface area contributed by atoms with Crippen molar-refractivity contribution in [1.29, 1.82) is 0 Å². The van der Waals surface area contributed by atoms with Gasteiger partial charge in [0.2, 0.25) is 0 Å². The Morgan fingerprint density at radius 1 is 1.26 bits per heavy atom. The zero-order valence-electron chi connectivity index (χ0n) is 14.7. The van der Waals surface area contributed by atoms with Crippen LogP contribution in [-0.2, 0) is 13.1 Å². The Bertz CT molecular complexity index is 937. The van der Waals surface area contributed by atoms with E-state index in [1.165, 1.54) is 24.3 Å². The summed E-state index contributed by atoms with van der Waals surface area (Å²) in [5.74, 6) is 0.165. The van der Waals surface area contributed by atoms with Crippen molar-refractivity contribution in [2.45, 2.75) is 13.1 Å². The van der Waals surface area contributed by atoms with Gasteiger partial charge in [0.15, 0.2) is 0 Å².